The summed E-state index contributed by atoms with van der Waals surface area (Å²) in [5, 5.41) is 14.5. The first-order valence-corrected chi connectivity index (χ1v) is 7.68. The van der Waals surface area contributed by atoms with Gasteiger partial charge in [0.1, 0.15) is 0 Å². The lowest BCUT2D eigenvalue weighted by atomic mass is 9.74. The molecule has 5 nitrogen and oxygen atoms in total. The Hall–Kier alpha value is -1.56. The molecule has 1 aromatic rings. The molecule has 0 spiro atoms. The average molecular weight is 355 g/mol. The topological polar surface area (TPSA) is 78.4 Å². The average Bonchev–Trinajstić information content (AvgIpc) is 2.32. The Bertz CT molecular complexity index is 559. The third-order valence-electron chi connectivity index (χ3n) is 3.87. The minimum atomic E-state index is -0.884. The predicted molar refractivity (Wildman–Crippen MR) is 84.6 cm³/mol. The van der Waals surface area contributed by atoms with Crippen LogP contribution >= 0.6 is 15.9 Å². The van der Waals surface area contributed by atoms with E-state index in [1.165, 1.54) is 0 Å². The standard InChI is InChI=1S/C15H19BrN2O3/c1-9-6-11(7-10(2)13(9)16)17-14(21)18-15(4-3-5-15)8-12(19)20/h6-7H,3-5,8H2,1-2H3,(H,19,20)(H2,17,18,21). The van der Waals surface area contributed by atoms with Crippen molar-refractivity contribution >= 4 is 33.6 Å². The molecule has 114 valence electrons. The van der Waals surface area contributed by atoms with Crippen molar-refractivity contribution in [1.82, 2.24) is 5.32 Å². The number of anilines is 1. The van der Waals surface area contributed by atoms with Gasteiger partial charge in [0.05, 0.1) is 12.0 Å². The fraction of sp³-hybridized carbons (Fsp3) is 0.467. The summed E-state index contributed by atoms with van der Waals surface area (Å²) >= 11 is 3.48. The van der Waals surface area contributed by atoms with E-state index < -0.39 is 11.5 Å². The van der Waals surface area contributed by atoms with Crippen LogP contribution in [0.4, 0.5) is 10.5 Å². The van der Waals surface area contributed by atoms with Gasteiger partial charge in [0.25, 0.3) is 0 Å². The number of carboxylic acids is 1. The van der Waals surface area contributed by atoms with Gasteiger partial charge in [-0.2, -0.15) is 0 Å². The molecule has 21 heavy (non-hydrogen) atoms. The van der Waals surface area contributed by atoms with Crippen molar-refractivity contribution in [3.8, 4) is 0 Å². The van der Waals surface area contributed by atoms with Gasteiger partial charge in [-0.1, -0.05) is 15.9 Å². The number of urea groups is 1. The second-order valence-electron chi connectivity index (χ2n) is 5.71. The Morgan fingerprint density at radius 1 is 1.29 bits per heavy atom. The number of rotatable bonds is 4. The Balaban J connectivity index is 2.03. The van der Waals surface area contributed by atoms with Gasteiger partial charge in [0.15, 0.2) is 0 Å². The van der Waals surface area contributed by atoms with Crippen LogP contribution in [0.3, 0.4) is 0 Å². The molecular formula is C15H19BrN2O3. The van der Waals surface area contributed by atoms with Crippen LogP contribution in [0.15, 0.2) is 16.6 Å². The summed E-state index contributed by atoms with van der Waals surface area (Å²) in [6.45, 7) is 3.91. The number of hydrogen-bond acceptors (Lipinski definition) is 2. The molecule has 0 aromatic heterocycles. The summed E-state index contributed by atoms with van der Waals surface area (Å²) in [6, 6.07) is 3.40. The van der Waals surface area contributed by atoms with Crippen LogP contribution in [-0.4, -0.2) is 22.6 Å². The largest absolute Gasteiger partial charge is 0.481 e. The summed E-state index contributed by atoms with van der Waals surface area (Å²) in [7, 11) is 0. The Kier molecular flexibility index (Phi) is 4.56. The SMILES string of the molecule is Cc1cc(NC(=O)NC2(CC(=O)O)CCC2)cc(C)c1Br. The van der Waals surface area contributed by atoms with Gasteiger partial charge in [-0.05, 0) is 56.4 Å². The quantitative estimate of drug-likeness (QED) is 0.772. The number of carboxylic acid groups (broad SMARTS) is 1. The number of aliphatic carboxylic acids is 1. The zero-order valence-corrected chi connectivity index (χ0v) is 13.7. The zero-order valence-electron chi connectivity index (χ0n) is 12.1. The van der Waals surface area contributed by atoms with E-state index in [4.69, 9.17) is 5.11 Å². The van der Waals surface area contributed by atoms with E-state index in [1.54, 1.807) is 0 Å². The van der Waals surface area contributed by atoms with E-state index in [0.29, 0.717) is 18.5 Å². The van der Waals surface area contributed by atoms with E-state index in [2.05, 4.69) is 26.6 Å². The van der Waals surface area contributed by atoms with E-state index >= 15 is 0 Å². The van der Waals surface area contributed by atoms with Crippen molar-refractivity contribution in [2.45, 2.75) is 45.1 Å². The number of amides is 2. The van der Waals surface area contributed by atoms with E-state index in [0.717, 1.165) is 22.0 Å². The molecule has 1 aliphatic rings. The molecule has 0 saturated heterocycles. The predicted octanol–water partition coefficient (Wildman–Crippen LogP) is 3.58. The number of carbonyl (C=O) groups excluding carboxylic acids is 1. The molecule has 6 heteroatoms. The van der Waals surface area contributed by atoms with Crippen LogP contribution in [0.2, 0.25) is 0 Å². The van der Waals surface area contributed by atoms with E-state index in [1.807, 2.05) is 26.0 Å². The van der Waals surface area contributed by atoms with Crippen LogP contribution in [0.5, 0.6) is 0 Å². The second-order valence-corrected chi connectivity index (χ2v) is 6.50. The van der Waals surface area contributed by atoms with Crippen molar-refractivity contribution in [3.63, 3.8) is 0 Å². The third kappa shape index (κ3) is 3.75. The molecule has 0 heterocycles. The van der Waals surface area contributed by atoms with Crippen molar-refractivity contribution < 1.29 is 14.7 Å². The molecule has 0 unspecified atom stereocenters. The molecule has 0 atom stereocenters. The van der Waals surface area contributed by atoms with Gasteiger partial charge in [-0.3, -0.25) is 4.79 Å². The second kappa shape index (κ2) is 6.05. The van der Waals surface area contributed by atoms with Gasteiger partial charge in [0, 0.05) is 10.2 Å². The lowest BCUT2D eigenvalue weighted by Gasteiger charge is -2.41. The maximum atomic E-state index is 12.1. The molecule has 0 bridgehead atoms. The monoisotopic (exact) mass is 354 g/mol. The van der Waals surface area contributed by atoms with Crippen LogP contribution in [0, 0.1) is 13.8 Å². The van der Waals surface area contributed by atoms with Gasteiger partial charge >= 0.3 is 12.0 Å². The molecule has 1 aliphatic carbocycles. The molecule has 3 N–H and O–H groups in total. The number of aryl methyl sites for hydroxylation is 2. The minimum absolute atomic E-state index is 0.0290. The van der Waals surface area contributed by atoms with Gasteiger partial charge < -0.3 is 15.7 Å². The van der Waals surface area contributed by atoms with Crippen molar-refractivity contribution in [2.24, 2.45) is 0 Å². The fourth-order valence-corrected chi connectivity index (χ4v) is 2.89. The van der Waals surface area contributed by atoms with Gasteiger partial charge in [-0.25, -0.2) is 4.79 Å². The number of benzene rings is 1. The summed E-state index contributed by atoms with van der Waals surface area (Å²) in [5.74, 6) is -0.884. The number of halogens is 1. The molecule has 0 aliphatic heterocycles. The summed E-state index contributed by atoms with van der Waals surface area (Å²) in [6.07, 6.45) is 2.35. The lowest BCUT2D eigenvalue weighted by molar-refractivity contribution is -0.139. The van der Waals surface area contributed by atoms with Crippen molar-refractivity contribution in [1.29, 1.82) is 0 Å². The van der Waals surface area contributed by atoms with Gasteiger partial charge in [0.2, 0.25) is 0 Å². The first-order valence-electron chi connectivity index (χ1n) is 6.89. The first kappa shape index (κ1) is 15.8. The van der Waals surface area contributed by atoms with Crippen LogP contribution in [-0.2, 0) is 4.79 Å². The maximum Gasteiger partial charge on any atom is 0.319 e. The minimum Gasteiger partial charge on any atom is -0.481 e. The van der Waals surface area contributed by atoms with Gasteiger partial charge in [-0.15, -0.1) is 0 Å². The molecule has 2 rings (SSSR count). The molecule has 1 fully saturated rings. The summed E-state index contributed by atoms with van der Waals surface area (Å²) in [5.41, 5.74) is 2.19. The van der Waals surface area contributed by atoms with Crippen molar-refractivity contribution in [2.75, 3.05) is 5.32 Å². The molecule has 1 saturated carbocycles. The Morgan fingerprint density at radius 2 is 1.86 bits per heavy atom. The van der Waals surface area contributed by atoms with E-state index in [9.17, 15) is 9.59 Å². The molecule has 2 amide bonds. The highest BCUT2D eigenvalue weighted by Crippen LogP contribution is 2.35. The Morgan fingerprint density at radius 3 is 2.29 bits per heavy atom. The van der Waals surface area contributed by atoms with Crippen LogP contribution in [0.1, 0.15) is 36.8 Å². The Labute approximate surface area is 132 Å². The number of nitrogens with one attached hydrogen (secondary N) is 2. The lowest BCUT2D eigenvalue weighted by Crippen LogP contribution is -2.55. The highest BCUT2D eigenvalue weighted by atomic mass is 79.9. The molecule has 1 aromatic carbocycles. The molecule has 0 radical (unpaired) electrons. The van der Waals surface area contributed by atoms with Crippen LogP contribution in [0.25, 0.3) is 0 Å². The number of hydrogen-bond donors (Lipinski definition) is 3. The smallest absolute Gasteiger partial charge is 0.319 e. The normalized spacial score (nSPS) is 16.0. The zero-order chi connectivity index (χ0) is 15.6. The highest BCUT2D eigenvalue weighted by molar-refractivity contribution is 9.10. The van der Waals surface area contributed by atoms with Crippen molar-refractivity contribution in [3.05, 3.63) is 27.7 Å². The molecular weight excluding hydrogens is 336 g/mol. The van der Waals surface area contributed by atoms with Crippen LogP contribution < -0.4 is 10.6 Å². The maximum absolute atomic E-state index is 12.1. The third-order valence-corrected chi connectivity index (χ3v) is 5.12. The summed E-state index contributed by atoms with van der Waals surface area (Å²) in [4.78, 5) is 23.0. The van der Waals surface area contributed by atoms with E-state index in [-0.39, 0.29) is 12.5 Å². The summed E-state index contributed by atoms with van der Waals surface area (Å²) < 4.78 is 1.02. The fourth-order valence-electron chi connectivity index (χ4n) is 2.66. The first-order chi connectivity index (χ1) is 9.81. The highest BCUT2D eigenvalue weighted by Gasteiger charge is 2.40. The number of carbonyl (C=O) groups is 2.